The molecule has 3 heteroatoms. The molecule has 0 aromatic carbocycles. The van der Waals surface area contributed by atoms with Crippen LogP contribution in [0, 0.1) is 11.8 Å². The van der Waals surface area contributed by atoms with Gasteiger partial charge in [0.15, 0.2) is 0 Å². The number of carbonyl (C=O) groups is 1. The Bertz CT molecular complexity index is 205. The van der Waals surface area contributed by atoms with Gasteiger partial charge in [-0.05, 0) is 25.3 Å². The summed E-state index contributed by atoms with van der Waals surface area (Å²) in [5.74, 6) is 1.25. The number of likely N-dealkylation sites (tertiary alicyclic amines) is 1. The van der Waals surface area contributed by atoms with Crippen LogP contribution in [0.3, 0.4) is 0 Å². The zero-order valence-corrected chi connectivity index (χ0v) is 9.49. The summed E-state index contributed by atoms with van der Waals surface area (Å²) in [6, 6.07) is 0.365. The number of nitrogens with zero attached hydrogens (tertiary/aromatic N) is 1. The summed E-state index contributed by atoms with van der Waals surface area (Å²) in [5, 5.41) is 0. The Kier molecular flexibility index (Phi) is 3.93. The van der Waals surface area contributed by atoms with Crippen LogP contribution in [0.15, 0.2) is 0 Å². The molecule has 1 heterocycles. The first-order chi connectivity index (χ1) is 6.60. The summed E-state index contributed by atoms with van der Waals surface area (Å²) in [5.41, 5.74) is 5.59. The van der Waals surface area contributed by atoms with Crippen molar-refractivity contribution in [3.63, 3.8) is 0 Å². The average molecular weight is 198 g/mol. The van der Waals surface area contributed by atoms with Gasteiger partial charge in [0.25, 0.3) is 0 Å². The summed E-state index contributed by atoms with van der Waals surface area (Å²) in [7, 11) is 0. The maximum absolute atomic E-state index is 11.7. The molecule has 3 nitrogen and oxygen atoms in total. The summed E-state index contributed by atoms with van der Waals surface area (Å²) in [4.78, 5) is 13.7. The van der Waals surface area contributed by atoms with Gasteiger partial charge in [-0.2, -0.15) is 0 Å². The first-order valence-electron chi connectivity index (χ1n) is 5.59. The fraction of sp³-hybridized carbons (Fsp3) is 0.909. The van der Waals surface area contributed by atoms with Gasteiger partial charge in [-0.1, -0.05) is 20.3 Å². The summed E-state index contributed by atoms with van der Waals surface area (Å²) >= 11 is 0. The number of amides is 1. The van der Waals surface area contributed by atoms with Crippen molar-refractivity contribution in [1.82, 2.24) is 4.90 Å². The average Bonchev–Trinajstić information content (AvgIpc) is 2.57. The lowest BCUT2D eigenvalue weighted by Gasteiger charge is -2.29. The molecule has 3 atom stereocenters. The van der Waals surface area contributed by atoms with Gasteiger partial charge in [0.2, 0.25) is 5.91 Å². The van der Waals surface area contributed by atoms with Gasteiger partial charge in [-0.3, -0.25) is 4.79 Å². The lowest BCUT2D eigenvalue weighted by atomic mass is 9.99. The molecule has 0 spiro atoms. The number of rotatable bonds is 4. The van der Waals surface area contributed by atoms with Crippen LogP contribution < -0.4 is 5.73 Å². The second-order valence-electron chi connectivity index (χ2n) is 4.48. The van der Waals surface area contributed by atoms with E-state index in [-0.39, 0.29) is 5.91 Å². The monoisotopic (exact) mass is 198 g/mol. The zero-order valence-electron chi connectivity index (χ0n) is 9.49. The molecule has 0 saturated carbocycles. The van der Waals surface area contributed by atoms with Crippen molar-refractivity contribution in [3.05, 3.63) is 0 Å². The third-order valence-corrected chi connectivity index (χ3v) is 3.53. The molecule has 1 aliphatic heterocycles. The maximum Gasteiger partial charge on any atom is 0.223 e. The lowest BCUT2D eigenvalue weighted by Crippen LogP contribution is -2.38. The van der Waals surface area contributed by atoms with Gasteiger partial charge < -0.3 is 10.6 Å². The van der Waals surface area contributed by atoms with E-state index in [0.29, 0.717) is 30.8 Å². The van der Waals surface area contributed by atoms with Crippen LogP contribution in [-0.2, 0) is 4.79 Å². The van der Waals surface area contributed by atoms with E-state index in [0.717, 1.165) is 13.0 Å². The molecule has 1 aliphatic rings. The molecule has 0 bridgehead atoms. The summed E-state index contributed by atoms with van der Waals surface area (Å²) in [6.07, 6.45) is 1.77. The second-order valence-corrected chi connectivity index (χ2v) is 4.48. The molecule has 0 aliphatic carbocycles. The Hall–Kier alpha value is -0.570. The van der Waals surface area contributed by atoms with Gasteiger partial charge in [0, 0.05) is 19.0 Å². The fourth-order valence-corrected chi connectivity index (χ4v) is 2.01. The van der Waals surface area contributed by atoms with Gasteiger partial charge >= 0.3 is 0 Å². The van der Waals surface area contributed by atoms with E-state index in [1.54, 1.807) is 0 Å². The highest BCUT2D eigenvalue weighted by molar-refractivity contribution is 5.79. The number of hydrogen-bond acceptors (Lipinski definition) is 2. The fourth-order valence-electron chi connectivity index (χ4n) is 2.01. The van der Waals surface area contributed by atoms with Crippen molar-refractivity contribution >= 4 is 5.91 Å². The Morgan fingerprint density at radius 2 is 2.21 bits per heavy atom. The third kappa shape index (κ3) is 2.27. The highest BCUT2D eigenvalue weighted by atomic mass is 16.2. The smallest absolute Gasteiger partial charge is 0.223 e. The third-order valence-electron chi connectivity index (χ3n) is 3.53. The Balaban J connectivity index is 2.56. The quantitative estimate of drug-likeness (QED) is 0.738. The predicted molar refractivity (Wildman–Crippen MR) is 57.8 cm³/mol. The molecular weight excluding hydrogens is 176 g/mol. The molecule has 3 unspecified atom stereocenters. The SMILES string of the molecule is CCC(C)C(C)N1CC(CN)CC1=O. The van der Waals surface area contributed by atoms with Crippen LogP contribution in [0.4, 0.5) is 0 Å². The Labute approximate surface area is 86.6 Å². The van der Waals surface area contributed by atoms with Gasteiger partial charge in [0.1, 0.15) is 0 Å². The standard InChI is InChI=1S/C11H22N2O/c1-4-8(2)9(3)13-7-10(6-12)5-11(13)14/h8-10H,4-7,12H2,1-3H3. The van der Waals surface area contributed by atoms with Crippen LogP contribution in [0.2, 0.25) is 0 Å². The van der Waals surface area contributed by atoms with E-state index < -0.39 is 0 Å². The first kappa shape index (κ1) is 11.5. The van der Waals surface area contributed by atoms with Crippen molar-refractivity contribution < 1.29 is 4.79 Å². The highest BCUT2D eigenvalue weighted by Crippen LogP contribution is 2.23. The zero-order chi connectivity index (χ0) is 10.7. The van der Waals surface area contributed by atoms with Crippen molar-refractivity contribution in [2.45, 2.75) is 39.7 Å². The van der Waals surface area contributed by atoms with Crippen LogP contribution in [-0.4, -0.2) is 29.9 Å². The number of nitrogens with two attached hydrogens (primary N) is 1. The number of carbonyl (C=O) groups excluding carboxylic acids is 1. The molecule has 1 fully saturated rings. The minimum atomic E-state index is 0.285. The summed E-state index contributed by atoms with van der Waals surface area (Å²) in [6.45, 7) is 8.01. The van der Waals surface area contributed by atoms with Gasteiger partial charge in [0.05, 0.1) is 0 Å². The lowest BCUT2D eigenvalue weighted by molar-refractivity contribution is -0.130. The molecule has 2 N–H and O–H groups in total. The molecule has 0 aromatic heterocycles. The van der Waals surface area contributed by atoms with E-state index in [4.69, 9.17) is 5.73 Å². The number of hydrogen-bond donors (Lipinski definition) is 1. The van der Waals surface area contributed by atoms with Crippen LogP contribution in [0.25, 0.3) is 0 Å². The second kappa shape index (κ2) is 4.78. The topological polar surface area (TPSA) is 46.3 Å². The Morgan fingerprint density at radius 3 is 2.64 bits per heavy atom. The Morgan fingerprint density at radius 1 is 1.57 bits per heavy atom. The largest absolute Gasteiger partial charge is 0.339 e. The molecule has 0 radical (unpaired) electrons. The van der Waals surface area contributed by atoms with Gasteiger partial charge in [-0.25, -0.2) is 0 Å². The van der Waals surface area contributed by atoms with Crippen LogP contribution in [0.1, 0.15) is 33.6 Å². The van der Waals surface area contributed by atoms with E-state index >= 15 is 0 Å². The van der Waals surface area contributed by atoms with E-state index in [9.17, 15) is 4.79 Å². The molecule has 1 rings (SSSR count). The van der Waals surface area contributed by atoms with Crippen molar-refractivity contribution in [1.29, 1.82) is 0 Å². The van der Waals surface area contributed by atoms with Crippen molar-refractivity contribution in [3.8, 4) is 0 Å². The van der Waals surface area contributed by atoms with E-state index in [1.165, 1.54) is 0 Å². The first-order valence-corrected chi connectivity index (χ1v) is 5.59. The molecule has 1 amide bonds. The van der Waals surface area contributed by atoms with Crippen LogP contribution >= 0.6 is 0 Å². The molecular formula is C11H22N2O. The minimum Gasteiger partial charge on any atom is -0.339 e. The predicted octanol–water partition coefficient (Wildman–Crippen LogP) is 1.23. The van der Waals surface area contributed by atoms with Crippen LogP contribution in [0.5, 0.6) is 0 Å². The molecule has 82 valence electrons. The van der Waals surface area contributed by atoms with Crippen molar-refractivity contribution in [2.75, 3.05) is 13.1 Å². The summed E-state index contributed by atoms with van der Waals surface area (Å²) < 4.78 is 0. The normalized spacial score (nSPS) is 26.7. The van der Waals surface area contributed by atoms with E-state index in [1.807, 2.05) is 4.90 Å². The highest BCUT2D eigenvalue weighted by Gasteiger charge is 2.33. The van der Waals surface area contributed by atoms with Gasteiger partial charge in [-0.15, -0.1) is 0 Å². The van der Waals surface area contributed by atoms with Crippen molar-refractivity contribution in [2.24, 2.45) is 17.6 Å². The van der Waals surface area contributed by atoms with E-state index in [2.05, 4.69) is 20.8 Å². The maximum atomic E-state index is 11.7. The molecule has 14 heavy (non-hydrogen) atoms. The minimum absolute atomic E-state index is 0.285. The molecule has 0 aromatic rings. The molecule has 1 saturated heterocycles.